The van der Waals surface area contributed by atoms with Gasteiger partial charge in [0.15, 0.2) is 0 Å². The van der Waals surface area contributed by atoms with E-state index in [1.807, 2.05) is 17.0 Å². The number of carbonyl (C=O) groups excluding carboxylic acids is 1. The van der Waals surface area contributed by atoms with Gasteiger partial charge < -0.3 is 19.7 Å². The Kier molecular flexibility index (Phi) is 5.67. The van der Waals surface area contributed by atoms with Crippen molar-refractivity contribution in [3.63, 3.8) is 0 Å². The summed E-state index contributed by atoms with van der Waals surface area (Å²) >= 11 is 0. The van der Waals surface area contributed by atoms with Crippen LogP contribution in [0.3, 0.4) is 0 Å². The molecule has 0 aromatic heterocycles. The van der Waals surface area contributed by atoms with E-state index in [-0.39, 0.29) is 5.69 Å². The lowest BCUT2D eigenvalue weighted by molar-refractivity contribution is -0.136. The van der Waals surface area contributed by atoms with Gasteiger partial charge in [-0.3, -0.25) is 4.79 Å². The lowest BCUT2D eigenvalue weighted by Crippen LogP contribution is -2.36. The fraction of sp³-hybridized carbons (Fsp3) is 0.318. The molecule has 1 N–H and O–H groups in total. The minimum absolute atomic E-state index is 0.267. The van der Waals surface area contributed by atoms with Crippen molar-refractivity contribution >= 4 is 23.4 Å². The number of hydrogen-bond acceptors (Lipinski definition) is 4. The van der Waals surface area contributed by atoms with Crippen LogP contribution in [0.1, 0.15) is 16.7 Å². The molecule has 2 aromatic rings. The molecule has 2 aromatic carbocycles. The Morgan fingerprint density at radius 1 is 1.07 bits per heavy atom. The Morgan fingerprint density at radius 2 is 1.87 bits per heavy atom. The fourth-order valence-corrected chi connectivity index (χ4v) is 3.55. The highest BCUT2D eigenvalue weighted by atomic mass is 19.4. The van der Waals surface area contributed by atoms with Crippen molar-refractivity contribution < 1.29 is 27.4 Å². The number of anilines is 2. The summed E-state index contributed by atoms with van der Waals surface area (Å²) in [6, 6.07) is 9.49. The van der Waals surface area contributed by atoms with E-state index in [2.05, 4.69) is 5.32 Å². The SMILES string of the molecule is O=C(/C=C/c1ccc2c(c1)CCO2)Nc1ccc(N2CCOCC2)cc1C(F)(F)F. The van der Waals surface area contributed by atoms with Crippen LogP contribution in [0.15, 0.2) is 42.5 Å². The van der Waals surface area contributed by atoms with E-state index in [1.54, 1.807) is 18.2 Å². The van der Waals surface area contributed by atoms with Crippen molar-refractivity contribution in [2.45, 2.75) is 12.6 Å². The van der Waals surface area contributed by atoms with Crippen LogP contribution in [0.2, 0.25) is 0 Å². The number of nitrogens with one attached hydrogen (secondary N) is 1. The van der Waals surface area contributed by atoms with Gasteiger partial charge in [-0.2, -0.15) is 13.2 Å². The molecule has 30 heavy (non-hydrogen) atoms. The van der Waals surface area contributed by atoms with E-state index >= 15 is 0 Å². The van der Waals surface area contributed by atoms with Crippen LogP contribution in [0.5, 0.6) is 5.75 Å². The predicted molar refractivity (Wildman–Crippen MR) is 108 cm³/mol. The molecule has 8 heteroatoms. The highest BCUT2D eigenvalue weighted by molar-refractivity contribution is 6.02. The van der Waals surface area contributed by atoms with E-state index in [4.69, 9.17) is 9.47 Å². The Labute approximate surface area is 172 Å². The average Bonchev–Trinajstić information content (AvgIpc) is 3.20. The van der Waals surface area contributed by atoms with Gasteiger partial charge in [-0.05, 0) is 47.5 Å². The number of hydrogen-bond donors (Lipinski definition) is 1. The number of alkyl halides is 3. The zero-order valence-electron chi connectivity index (χ0n) is 16.2. The third-order valence-corrected chi connectivity index (χ3v) is 5.08. The number of morpholine rings is 1. The molecule has 1 saturated heterocycles. The monoisotopic (exact) mass is 418 g/mol. The lowest BCUT2D eigenvalue weighted by atomic mass is 10.1. The van der Waals surface area contributed by atoms with Crippen molar-refractivity contribution in [3.05, 3.63) is 59.2 Å². The molecule has 0 unspecified atom stereocenters. The number of carbonyl (C=O) groups is 1. The number of nitrogens with zero attached hydrogens (tertiary/aromatic N) is 1. The van der Waals surface area contributed by atoms with Gasteiger partial charge in [-0.25, -0.2) is 0 Å². The summed E-state index contributed by atoms with van der Waals surface area (Å²) in [6.07, 6.45) is -0.987. The molecule has 2 heterocycles. The van der Waals surface area contributed by atoms with Crippen molar-refractivity contribution in [3.8, 4) is 5.75 Å². The van der Waals surface area contributed by atoms with Crippen LogP contribution >= 0.6 is 0 Å². The van der Waals surface area contributed by atoms with Gasteiger partial charge in [0, 0.05) is 31.3 Å². The molecule has 0 bridgehead atoms. The molecular weight excluding hydrogens is 397 g/mol. The highest BCUT2D eigenvalue weighted by Crippen LogP contribution is 2.37. The summed E-state index contributed by atoms with van der Waals surface area (Å²) in [5.41, 5.74) is 1.16. The first-order chi connectivity index (χ1) is 14.4. The summed E-state index contributed by atoms with van der Waals surface area (Å²) in [4.78, 5) is 14.1. The van der Waals surface area contributed by atoms with Gasteiger partial charge in [0.05, 0.1) is 31.1 Å². The van der Waals surface area contributed by atoms with Gasteiger partial charge in [-0.15, -0.1) is 0 Å². The summed E-state index contributed by atoms with van der Waals surface area (Å²) in [7, 11) is 0. The topological polar surface area (TPSA) is 50.8 Å². The fourth-order valence-electron chi connectivity index (χ4n) is 3.55. The summed E-state index contributed by atoms with van der Waals surface area (Å²) < 4.78 is 51.5. The molecule has 2 aliphatic heterocycles. The zero-order chi connectivity index (χ0) is 21.1. The normalized spacial score (nSPS) is 16.4. The zero-order valence-corrected chi connectivity index (χ0v) is 16.2. The van der Waals surface area contributed by atoms with E-state index in [1.165, 1.54) is 12.1 Å². The van der Waals surface area contributed by atoms with Crippen LogP contribution in [0.4, 0.5) is 24.5 Å². The van der Waals surface area contributed by atoms with Crippen LogP contribution in [0, 0.1) is 0 Å². The first-order valence-corrected chi connectivity index (χ1v) is 9.69. The molecular formula is C22H21F3N2O3. The maximum Gasteiger partial charge on any atom is 0.418 e. The Morgan fingerprint density at radius 3 is 2.63 bits per heavy atom. The smallest absolute Gasteiger partial charge is 0.418 e. The number of amides is 1. The van der Waals surface area contributed by atoms with Crippen LogP contribution < -0.4 is 15.0 Å². The molecule has 4 rings (SSSR count). The van der Waals surface area contributed by atoms with Gasteiger partial charge in [0.25, 0.3) is 0 Å². The van der Waals surface area contributed by atoms with Gasteiger partial charge in [0.2, 0.25) is 5.91 Å². The standard InChI is InChI=1S/C22H21F3N2O3/c23-22(24,25)18-14-17(27-8-11-29-12-9-27)3-4-19(18)26-21(28)6-2-15-1-5-20-16(13-15)7-10-30-20/h1-6,13-14H,7-12H2,(H,26,28)/b6-2+. The van der Waals surface area contributed by atoms with Gasteiger partial charge in [0.1, 0.15) is 5.75 Å². The second-order valence-corrected chi connectivity index (χ2v) is 7.12. The van der Waals surface area contributed by atoms with E-state index in [0.717, 1.165) is 29.4 Å². The third kappa shape index (κ3) is 4.59. The molecule has 0 radical (unpaired) electrons. The summed E-state index contributed by atoms with van der Waals surface area (Å²) in [5.74, 6) is 0.197. The van der Waals surface area contributed by atoms with E-state index in [0.29, 0.717) is 38.6 Å². The first-order valence-electron chi connectivity index (χ1n) is 9.69. The predicted octanol–water partition coefficient (Wildman–Crippen LogP) is 4.13. The van der Waals surface area contributed by atoms with Crippen LogP contribution in [-0.4, -0.2) is 38.8 Å². The minimum atomic E-state index is -4.59. The van der Waals surface area contributed by atoms with Crippen molar-refractivity contribution in [2.24, 2.45) is 0 Å². The molecule has 2 aliphatic rings. The van der Waals surface area contributed by atoms with E-state index < -0.39 is 17.6 Å². The maximum absolute atomic E-state index is 13.6. The minimum Gasteiger partial charge on any atom is -0.493 e. The number of benzene rings is 2. The summed E-state index contributed by atoms with van der Waals surface area (Å²) in [5, 5.41) is 2.36. The van der Waals surface area contributed by atoms with Crippen LogP contribution in [0.25, 0.3) is 6.08 Å². The molecule has 1 fully saturated rings. The number of fused-ring (bicyclic) bond motifs is 1. The van der Waals surface area contributed by atoms with Crippen molar-refractivity contribution in [1.29, 1.82) is 0 Å². The number of halogens is 3. The quantitative estimate of drug-likeness (QED) is 0.759. The number of rotatable bonds is 4. The molecule has 0 spiro atoms. The molecule has 158 valence electrons. The Bertz CT molecular complexity index is 967. The first kappa shape index (κ1) is 20.3. The van der Waals surface area contributed by atoms with Crippen molar-refractivity contribution in [2.75, 3.05) is 43.1 Å². The second kappa shape index (κ2) is 8.39. The lowest BCUT2D eigenvalue weighted by Gasteiger charge is -2.29. The third-order valence-electron chi connectivity index (χ3n) is 5.08. The molecule has 0 saturated carbocycles. The Hall–Kier alpha value is -3.00. The van der Waals surface area contributed by atoms with Crippen molar-refractivity contribution in [1.82, 2.24) is 0 Å². The maximum atomic E-state index is 13.6. The number of ether oxygens (including phenoxy) is 2. The Balaban J connectivity index is 1.50. The van der Waals surface area contributed by atoms with Crippen LogP contribution in [-0.2, 0) is 22.1 Å². The van der Waals surface area contributed by atoms with Gasteiger partial charge in [-0.1, -0.05) is 6.07 Å². The highest BCUT2D eigenvalue weighted by Gasteiger charge is 2.34. The largest absolute Gasteiger partial charge is 0.493 e. The summed E-state index contributed by atoms with van der Waals surface area (Å²) in [6.45, 7) is 2.62. The van der Waals surface area contributed by atoms with E-state index in [9.17, 15) is 18.0 Å². The molecule has 1 amide bonds. The molecule has 0 aliphatic carbocycles. The van der Waals surface area contributed by atoms with Gasteiger partial charge >= 0.3 is 6.18 Å². The molecule has 0 atom stereocenters. The average molecular weight is 418 g/mol. The second-order valence-electron chi connectivity index (χ2n) is 7.12. The molecule has 5 nitrogen and oxygen atoms in total.